The van der Waals surface area contributed by atoms with Gasteiger partial charge in [-0.1, -0.05) is 12.1 Å². The SMILES string of the molecule is COC(=O)C1CC(=O)N(c2cccc(-c3ccn[nH]3)c2)C1. The number of nitrogens with zero attached hydrogens (tertiary/aromatic N) is 2. The summed E-state index contributed by atoms with van der Waals surface area (Å²) in [5.74, 6) is -0.791. The standard InChI is InChI=1S/C15H15N3O3/c1-21-15(20)11-8-14(19)18(9-11)12-4-2-3-10(7-12)13-5-6-16-17-13/h2-7,11H,8-9H2,1H3,(H,16,17). The van der Waals surface area contributed by atoms with Gasteiger partial charge in [0.05, 0.1) is 18.7 Å². The van der Waals surface area contributed by atoms with Gasteiger partial charge >= 0.3 is 5.97 Å². The van der Waals surface area contributed by atoms with Crippen LogP contribution in [0.25, 0.3) is 11.3 Å². The first-order valence-corrected chi connectivity index (χ1v) is 6.67. The normalized spacial score (nSPS) is 18.0. The molecule has 1 aliphatic rings. The Balaban J connectivity index is 1.86. The fourth-order valence-corrected chi connectivity index (χ4v) is 2.54. The van der Waals surface area contributed by atoms with Crippen LogP contribution in [0.3, 0.4) is 0 Å². The number of H-pyrrole nitrogens is 1. The van der Waals surface area contributed by atoms with Crippen LogP contribution in [0.5, 0.6) is 0 Å². The number of carbonyl (C=O) groups is 2. The van der Waals surface area contributed by atoms with Gasteiger partial charge in [-0.05, 0) is 18.2 Å². The van der Waals surface area contributed by atoms with Crippen LogP contribution in [0.1, 0.15) is 6.42 Å². The third-order valence-corrected chi connectivity index (χ3v) is 3.63. The summed E-state index contributed by atoms with van der Waals surface area (Å²) < 4.78 is 4.72. The molecule has 2 heterocycles. The maximum Gasteiger partial charge on any atom is 0.311 e. The maximum atomic E-state index is 12.1. The molecule has 1 amide bonds. The summed E-state index contributed by atoms with van der Waals surface area (Å²) in [7, 11) is 1.34. The lowest BCUT2D eigenvalue weighted by atomic mass is 10.1. The lowest BCUT2D eigenvalue weighted by molar-refractivity contribution is -0.145. The minimum Gasteiger partial charge on any atom is -0.469 e. The molecule has 1 aromatic carbocycles. The number of rotatable bonds is 3. The van der Waals surface area contributed by atoms with E-state index in [1.54, 1.807) is 11.1 Å². The molecule has 2 aromatic rings. The van der Waals surface area contributed by atoms with Crippen LogP contribution in [0.15, 0.2) is 36.5 Å². The molecule has 6 nitrogen and oxygen atoms in total. The molecule has 1 saturated heterocycles. The second kappa shape index (κ2) is 5.40. The molecule has 0 saturated carbocycles. The molecule has 1 unspecified atom stereocenters. The number of nitrogens with one attached hydrogen (secondary N) is 1. The number of aromatic amines is 1. The van der Waals surface area contributed by atoms with E-state index in [-0.39, 0.29) is 18.3 Å². The maximum absolute atomic E-state index is 12.1. The lowest BCUT2D eigenvalue weighted by Crippen LogP contribution is -2.26. The van der Waals surface area contributed by atoms with Crippen molar-refractivity contribution in [3.8, 4) is 11.3 Å². The largest absolute Gasteiger partial charge is 0.469 e. The van der Waals surface area contributed by atoms with Gasteiger partial charge in [0.25, 0.3) is 0 Å². The number of anilines is 1. The van der Waals surface area contributed by atoms with Crippen molar-refractivity contribution in [1.29, 1.82) is 0 Å². The van der Waals surface area contributed by atoms with Crippen LogP contribution in [-0.4, -0.2) is 35.7 Å². The van der Waals surface area contributed by atoms with E-state index in [9.17, 15) is 9.59 Å². The summed E-state index contributed by atoms with van der Waals surface area (Å²) >= 11 is 0. The summed E-state index contributed by atoms with van der Waals surface area (Å²) in [6.07, 6.45) is 1.87. The van der Waals surface area contributed by atoms with Crippen LogP contribution >= 0.6 is 0 Å². The van der Waals surface area contributed by atoms with Crippen LogP contribution in [-0.2, 0) is 14.3 Å². The first kappa shape index (κ1) is 13.4. The Morgan fingerprint density at radius 3 is 3.00 bits per heavy atom. The number of ether oxygens (including phenoxy) is 1. The van der Waals surface area contributed by atoms with E-state index in [2.05, 4.69) is 10.2 Å². The molecule has 1 N–H and O–H groups in total. The number of carbonyl (C=O) groups excluding carboxylic acids is 2. The summed E-state index contributed by atoms with van der Waals surface area (Å²) in [5.41, 5.74) is 2.60. The van der Waals surface area contributed by atoms with Crippen LogP contribution < -0.4 is 4.90 Å². The van der Waals surface area contributed by atoms with Crippen LogP contribution in [0.4, 0.5) is 5.69 Å². The van der Waals surface area contributed by atoms with Gasteiger partial charge < -0.3 is 9.64 Å². The van der Waals surface area contributed by atoms with Gasteiger partial charge in [0.15, 0.2) is 0 Å². The molecule has 1 atom stereocenters. The molecule has 6 heteroatoms. The van der Waals surface area contributed by atoms with Gasteiger partial charge in [-0.25, -0.2) is 0 Å². The number of hydrogen-bond donors (Lipinski definition) is 1. The second-order valence-corrected chi connectivity index (χ2v) is 4.95. The number of amides is 1. The van der Waals surface area contributed by atoms with Crippen molar-refractivity contribution in [1.82, 2.24) is 10.2 Å². The predicted molar refractivity (Wildman–Crippen MR) is 76.5 cm³/mol. The summed E-state index contributed by atoms with van der Waals surface area (Å²) in [6, 6.07) is 9.45. The van der Waals surface area contributed by atoms with Gasteiger partial charge in [-0.2, -0.15) is 5.10 Å². The molecule has 1 fully saturated rings. The molecule has 108 valence electrons. The van der Waals surface area contributed by atoms with Crippen molar-refractivity contribution in [3.05, 3.63) is 36.5 Å². The highest BCUT2D eigenvalue weighted by molar-refractivity contribution is 5.99. The van der Waals surface area contributed by atoms with E-state index in [1.165, 1.54) is 7.11 Å². The predicted octanol–water partition coefficient (Wildman–Crippen LogP) is 1.60. The average molecular weight is 285 g/mol. The van der Waals surface area contributed by atoms with E-state index < -0.39 is 5.92 Å². The van der Waals surface area contributed by atoms with Gasteiger partial charge in [0.2, 0.25) is 5.91 Å². The molecule has 21 heavy (non-hydrogen) atoms. The summed E-state index contributed by atoms with van der Waals surface area (Å²) in [5, 5.41) is 6.81. The van der Waals surface area contributed by atoms with Gasteiger partial charge in [0, 0.05) is 30.4 Å². The zero-order valence-electron chi connectivity index (χ0n) is 11.6. The Morgan fingerprint density at radius 1 is 1.43 bits per heavy atom. The third-order valence-electron chi connectivity index (χ3n) is 3.63. The highest BCUT2D eigenvalue weighted by Gasteiger charge is 2.35. The minimum atomic E-state index is -0.390. The van der Waals surface area contributed by atoms with Crippen LogP contribution in [0, 0.1) is 5.92 Å². The zero-order chi connectivity index (χ0) is 14.8. The topological polar surface area (TPSA) is 75.3 Å². The molecular formula is C15H15N3O3. The Labute approximate surface area is 121 Å². The van der Waals surface area contributed by atoms with Crippen molar-refractivity contribution < 1.29 is 14.3 Å². The highest BCUT2D eigenvalue weighted by Crippen LogP contribution is 2.28. The quantitative estimate of drug-likeness (QED) is 0.869. The first-order valence-electron chi connectivity index (χ1n) is 6.67. The molecule has 0 spiro atoms. The first-order chi connectivity index (χ1) is 10.2. The van der Waals surface area contributed by atoms with E-state index in [4.69, 9.17) is 4.74 Å². The summed E-state index contributed by atoms with van der Waals surface area (Å²) in [6.45, 7) is 0.359. The zero-order valence-corrected chi connectivity index (χ0v) is 11.6. The van der Waals surface area contributed by atoms with E-state index in [0.29, 0.717) is 6.54 Å². The number of benzene rings is 1. The number of esters is 1. The van der Waals surface area contributed by atoms with Gasteiger partial charge in [-0.3, -0.25) is 14.7 Å². The van der Waals surface area contributed by atoms with E-state index >= 15 is 0 Å². The highest BCUT2D eigenvalue weighted by atomic mass is 16.5. The Kier molecular flexibility index (Phi) is 3.43. The number of methoxy groups -OCH3 is 1. The smallest absolute Gasteiger partial charge is 0.311 e. The van der Waals surface area contributed by atoms with Gasteiger partial charge in [0.1, 0.15) is 0 Å². The Hall–Kier alpha value is -2.63. The Morgan fingerprint density at radius 2 is 2.29 bits per heavy atom. The number of aromatic nitrogens is 2. The molecule has 0 aliphatic carbocycles. The van der Waals surface area contributed by atoms with Crippen molar-refractivity contribution in [2.75, 3.05) is 18.6 Å². The van der Waals surface area contributed by atoms with Crippen molar-refractivity contribution >= 4 is 17.6 Å². The molecule has 1 aromatic heterocycles. The molecule has 3 rings (SSSR count). The van der Waals surface area contributed by atoms with Gasteiger partial charge in [-0.15, -0.1) is 0 Å². The Bertz CT molecular complexity index is 667. The van der Waals surface area contributed by atoms with Crippen molar-refractivity contribution in [2.45, 2.75) is 6.42 Å². The number of hydrogen-bond acceptors (Lipinski definition) is 4. The second-order valence-electron chi connectivity index (χ2n) is 4.95. The van der Waals surface area contributed by atoms with Crippen molar-refractivity contribution in [2.24, 2.45) is 5.92 Å². The average Bonchev–Trinajstić information content (AvgIpc) is 3.16. The van der Waals surface area contributed by atoms with Crippen LogP contribution in [0.2, 0.25) is 0 Å². The molecule has 0 radical (unpaired) electrons. The minimum absolute atomic E-state index is 0.0628. The monoisotopic (exact) mass is 285 g/mol. The fraction of sp³-hybridized carbons (Fsp3) is 0.267. The lowest BCUT2D eigenvalue weighted by Gasteiger charge is -2.17. The van der Waals surface area contributed by atoms with E-state index in [1.807, 2.05) is 30.3 Å². The fourth-order valence-electron chi connectivity index (χ4n) is 2.54. The van der Waals surface area contributed by atoms with Crippen molar-refractivity contribution in [3.63, 3.8) is 0 Å². The molecule has 1 aliphatic heterocycles. The molecule has 0 bridgehead atoms. The van der Waals surface area contributed by atoms with E-state index in [0.717, 1.165) is 16.9 Å². The molecular weight excluding hydrogens is 270 g/mol. The summed E-state index contributed by atoms with van der Waals surface area (Å²) in [4.78, 5) is 25.3. The third kappa shape index (κ3) is 2.52.